The van der Waals surface area contributed by atoms with Gasteiger partial charge in [-0.15, -0.1) is 5.10 Å². The van der Waals surface area contributed by atoms with Crippen molar-refractivity contribution in [2.75, 3.05) is 0 Å². The molecule has 0 aliphatic heterocycles. The first kappa shape index (κ1) is 11.2. The number of rotatable bonds is 1. The van der Waals surface area contributed by atoms with E-state index >= 15 is 0 Å². The van der Waals surface area contributed by atoms with E-state index in [1.807, 2.05) is 29.8 Å². The molecule has 4 heteroatoms. The zero-order valence-corrected chi connectivity index (χ0v) is 11.4. The summed E-state index contributed by atoms with van der Waals surface area (Å²) in [7, 11) is 2.05. The van der Waals surface area contributed by atoms with Gasteiger partial charge in [-0.05, 0) is 42.8 Å². The van der Waals surface area contributed by atoms with Crippen molar-refractivity contribution in [2.45, 2.75) is 6.92 Å². The van der Waals surface area contributed by atoms with Crippen LogP contribution in [-0.2, 0) is 7.05 Å². The normalized spacial score (nSPS) is 11.5. The van der Waals surface area contributed by atoms with E-state index in [2.05, 4.69) is 52.2 Å². The Hall–Kier alpha value is -2.62. The van der Waals surface area contributed by atoms with Crippen molar-refractivity contribution in [3.05, 3.63) is 54.4 Å². The summed E-state index contributed by atoms with van der Waals surface area (Å²) in [6.45, 7) is 2.05. The van der Waals surface area contributed by atoms with Gasteiger partial charge in [-0.2, -0.15) is 0 Å². The second-order valence-electron chi connectivity index (χ2n) is 5.10. The smallest absolute Gasteiger partial charge is 0.182 e. The number of pyridine rings is 1. The van der Waals surface area contributed by atoms with Crippen LogP contribution in [-0.4, -0.2) is 19.2 Å². The van der Waals surface area contributed by atoms with Crippen molar-refractivity contribution < 1.29 is 0 Å². The molecule has 0 aliphatic rings. The molecule has 20 heavy (non-hydrogen) atoms. The Labute approximate surface area is 116 Å². The van der Waals surface area contributed by atoms with E-state index < -0.39 is 0 Å². The van der Waals surface area contributed by atoms with Crippen LogP contribution in [0.4, 0.5) is 0 Å². The third-order valence-corrected chi connectivity index (χ3v) is 3.70. The third kappa shape index (κ3) is 1.54. The summed E-state index contributed by atoms with van der Waals surface area (Å²) in [5.74, 6) is 0.769. The Bertz CT molecular complexity index is 930. The highest BCUT2D eigenvalue weighted by atomic mass is 15.3. The first-order chi connectivity index (χ1) is 9.72. The fourth-order valence-corrected chi connectivity index (χ4v) is 2.58. The molecule has 0 radical (unpaired) electrons. The lowest BCUT2D eigenvalue weighted by atomic mass is 10.1. The van der Waals surface area contributed by atoms with Gasteiger partial charge < -0.3 is 4.57 Å². The van der Waals surface area contributed by atoms with E-state index in [0.29, 0.717) is 0 Å². The minimum absolute atomic E-state index is 0.769. The quantitative estimate of drug-likeness (QED) is 0.528. The highest BCUT2D eigenvalue weighted by Crippen LogP contribution is 2.23. The molecule has 3 aromatic heterocycles. The Balaban J connectivity index is 1.93. The van der Waals surface area contributed by atoms with Gasteiger partial charge in [0.25, 0.3) is 0 Å². The summed E-state index contributed by atoms with van der Waals surface area (Å²) in [6, 6.07) is 12.5. The summed E-state index contributed by atoms with van der Waals surface area (Å²) < 4.78 is 3.94. The Kier molecular flexibility index (Phi) is 2.21. The largest absolute Gasteiger partial charge is 0.351 e. The number of benzene rings is 1. The molecule has 0 amide bonds. The van der Waals surface area contributed by atoms with E-state index in [9.17, 15) is 0 Å². The lowest BCUT2D eigenvalue weighted by Crippen LogP contribution is -1.88. The molecular weight excluding hydrogens is 248 g/mol. The molecule has 1 aromatic carbocycles. The van der Waals surface area contributed by atoms with Gasteiger partial charge in [0.1, 0.15) is 0 Å². The Morgan fingerprint density at radius 2 is 1.95 bits per heavy atom. The topological polar surface area (TPSA) is 35.1 Å². The minimum atomic E-state index is 0.769. The maximum absolute atomic E-state index is 4.64. The van der Waals surface area contributed by atoms with Gasteiger partial charge in [0, 0.05) is 35.9 Å². The van der Waals surface area contributed by atoms with Crippen LogP contribution in [0.2, 0.25) is 0 Å². The minimum Gasteiger partial charge on any atom is -0.351 e. The Morgan fingerprint density at radius 3 is 2.80 bits per heavy atom. The van der Waals surface area contributed by atoms with Crippen LogP contribution in [0.25, 0.3) is 27.9 Å². The van der Waals surface area contributed by atoms with Crippen LogP contribution in [0, 0.1) is 6.92 Å². The van der Waals surface area contributed by atoms with Crippen molar-refractivity contribution in [2.24, 2.45) is 7.05 Å². The molecule has 0 aliphatic carbocycles. The molecule has 98 valence electrons. The summed E-state index contributed by atoms with van der Waals surface area (Å²) in [5.41, 5.74) is 4.31. The predicted molar refractivity (Wildman–Crippen MR) is 79.6 cm³/mol. The van der Waals surface area contributed by atoms with Crippen molar-refractivity contribution >= 4 is 16.6 Å². The summed E-state index contributed by atoms with van der Waals surface area (Å²) in [4.78, 5) is 4.64. The average Bonchev–Trinajstić information content (AvgIpc) is 3.04. The molecule has 0 saturated heterocycles. The van der Waals surface area contributed by atoms with E-state index in [1.54, 1.807) is 0 Å². The molecule has 0 N–H and O–H groups in total. The zero-order valence-electron chi connectivity index (χ0n) is 11.4. The Morgan fingerprint density at radius 1 is 1.05 bits per heavy atom. The molecule has 0 saturated carbocycles. The second-order valence-corrected chi connectivity index (χ2v) is 5.10. The lowest BCUT2D eigenvalue weighted by Gasteiger charge is -1.98. The molecule has 0 atom stereocenters. The number of aryl methyl sites for hydroxylation is 2. The summed E-state index contributed by atoms with van der Waals surface area (Å²) >= 11 is 0. The fraction of sp³-hybridized carbons (Fsp3) is 0.125. The van der Waals surface area contributed by atoms with E-state index in [1.165, 1.54) is 10.9 Å². The number of hydrogen-bond acceptors (Lipinski definition) is 2. The van der Waals surface area contributed by atoms with Crippen LogP contribution in [0.15, 0.2) is 48.8 Å². The van der Waals surface area contributed by atoms with Crippen LogP contribution in [0.5, 0.6) is 0 Å². The van der Waals surface area contributed by atoms with E-state index in [-0.39, 0.29) is 0 Å². The number of nitrogens with zero attached hydrogens (tertiary/aromatic N) is 4. The van der Waals surface area contributed by atoms with E-state index in [0.717, 1.165) is 22.6 Å². The van der Waals surface area contributed by atoms with Crippen molar-refractivity contribution in [1.29, 1.82) is 0 Å². The molecule has 0 unspecified atom stereocenters. The number of fused-ring (bicyclic) bond motifs is 2. The number of hydrogen-bond donors (Lipinski definition) is 0. The third-order valence-electron chi connectivity index (χ3n) is 3.70. The predicted octanol–water partition coefficient (Wildman–Crippen LogP) is 3.20. The van der Waals surface area contributed by atoms with Gasteiger partial charge in [-0.25, -0.2) is 9.50 Å². The average molecular weight is 262 g/mol. The molecule has 4 aromatic rings. The van der Waals surface area contributed by atoms with E-state index in [4.69, 9.17) is 0 Å². The number of aromatic nitrogens is 4. The highest BCUT2D eigenvalue weighted by molar-refractivity contribution is 5.84. The molecule has 3 heterocycles. The summed E-state index contributed by atoms with van der Waals surface area (Å²) in [6.07, 6.45) is 4.00. The van der Waals surface area contributed by atoms with Gasteiger partial charge >= 0.3 is 0 Å². The second kappa shape index (κ2) is 3.93. The van der Waals surface area contributed by atoms with Crippen molar-refractivity contribution in [3.8, 4) is 11.4 Å². The maximum atomic E-state index is 4.64. The van der Waals surface area contributed by atoms with Crippen LogP contribution < -0.4 is 0 Å². The van der Waals surface area contributed by atoms with Gasteiger partial charge in [-0.3, -0.25) is 0 Å². The highest BCUT2D eigenvalue weighted by Gasteiger charge is 2.09. The molecule has 0 spiro atoms. The molecule has 4 nitrogen and oxygen atoms in total. The molecular formula is C16H14N4. The van der Waals surface area contributed by atoms with Crippen LogP contribution >= 0.6 is 0 Å². The lowest BCUT2D eigenvalue weighted by molar-refractivity contribution is 0.960. The standard InChI is InChI=1S/C16H14N4/c1-11-4-3-8-20-16(11)17-15(18-20)13-5-6-14-12(10-13)7-9-19(14)2/h3-10H,1-2H3. The van der Waals surface area contributed by atoms with Gasteiger partial charge in [0.05, 0.1) is 0 Å². The van der Waals surface area contributed by atoms with Crippen LogP contribution in [0.3, 0.4) is 0 Å². The first-order valence-corrected chi connectivity index (χ1v) is 6.60. The van der Waals surface area contributed by atoms with Crippen molar-refractivity contribution in [1.82, 2.24) is 19.2 Å². The zero-order chi connectivity index (χ0) is 13.7. The molecule has 0 bridgehead atoms. The van der Waals surface area contributed by atoms with Gasteiger partial charge in [0.15, 0.2) is 11.5 Å². The van der Waals surface area contributed by atoms with Crippen LogP contribution in [0.1, 0.15) is 5.56 Å². The van der Waals surface area contributed by atoms with Gasteiger partial charge in [-0.1, -0.05) is 6.07 Å². The van der Waals surface area contributed by atoms with Gasteiger partial charge in [0.2, 0.25) is 0 Å². The summed E-state index contributed by atoms with van der Waals surface area (Å²) in [5, 5.41) is 5.77. The first-order valence-electron chi connectivity index (χ1n) is 6.60. The molecule has 4 rings (SSSR count). The SMILES string of the molecule is Cc1cccn2nc(-c3ccc4c(ccn4C)c3)nc12. The fourth-order valence-electron chi connectivity index (χ4n) is 2.58. The molecule has 0 fully saturated rings. The monoisotopic (exact) mass is 262 g/mol. The maximum Gasteiger partial charge on any atom is 0.182 e. The van der Waals surface area contributed by atoms with Crippen molar-refractivity contribution in [3.63, 3.8) is 0 Å².